The van der Waals surface area contributed by atoms with E-state index >= 15 is 0 Å². The Hall–Kier alpha value is -1.99. The summed E-state index contributed by atoms with van der Waals surface area (Å²) in [5.74, 6) is -0.00148. The van der Waals surface area contributed by atoms with Crippen molar-refractivity contribution >= 4 is 5.91 Å². The number of aliphatic hydroxyl groups is 2. The van der Waals surface area contributed by atoms with Gasteiger partial charge in [-0.1, -0.05) is 30.4 Å². The average molecular weight is 414 g/mol. The molecule has 1 heterocycles. The van der Waals surface area contributed by atoms with Crippen LogP contribution in [-0.4, -0.2) is 70.9 Å². The Labute approximate surface area is 179 Å². The summed E-state index contributed by atoms with van der Waals surface area (Å²) < 4.78 is 0. The number of amides is 1. The van der Waals surface area contributed by atoms with Crippen molar-refractivity contribution in [1.82, 2.24) is 15.1 Å². The molecule has 3 rings (SSSR count). The van der Waals surface area contributed by atoms with Crippen LogP contribution in [-0.2, 0) is 13.1 Å². The molecule has 2 atom stereocenters. The maximum atomic E-state index is 12.7. The zero-order chi connectivity index (χ0) is 21.9. The van der Waals surface area contributed by atoms with Crippen molar-refractivity contribution in [3.63, 3.8) is 0 Å². The summed E-state index contributed by atoms with van der Waals surface area (Å²) in [6, 6.07) is 6.01. The second kappa shape index (κ2) is 9.43. The molecule has 1 aromatic rings. The number of rotatable bonds is 8. The first-order chi connectivity index (χ1) is 14.2. The molecule has 1 aliphatic carbocycles. The molecule has 0 radical (unpaired) electrons. The molecule has 0 bridgehead atoms. The van der Waals surface area contributed by atoms with E-state index in [1.165, 1.54) is 5.56 Å². The molecule has 164 valence electrons. The van der Waals surface area contributed by atoms with Gasteiger partial charge in [-0.15, -0.1) is 0 Å². The summed E-state index contributed by atoms with van der Waals surface area (Å²) in [6.07, 6.45) is 5.43. The summed E-state index contributed by atoms with van der Waals surface area (Å²) in [4.78, 5) is 17.2. The summed E-state index contributed by atoms with van der Waals surface area (Å²) in [5, 5.41) is 22.5. The number of benzene rings is 1. The summed E-state index contributed by atoms with van der Waals surface area (Å²) in [7, 11) is 3.99. The van der Waals surface area contributed by atoms with E-state index in [0.717, 1.165) is 49.2 Å². The van der Waals surface area contributed by atoms with Gasteiger partial charge in [-0.05, 0) is 63.6 Å². The molecule has 6 nitrogen and oxygen atoms in total. The Morgan fingerprint density at radius 1 is 1.23 bits per heavy atom. The molecule has 0 aromatic heterocycles. The Morgan fingerprint density at radius 3 is 2.70 bits per heavy atom. The number of allylic oxidation sites excluding steroid dienone is 2. The number of carbonyl (C=O) groups is 1. The first kappa shape index (κ1) is 22.7. The summed E-state index contributed by atoms with van der Waals surface area (Å²) in [5.41, 5.74) is 4.12. The zero-order valence-corrected chi connectivity index (χ0v) is 18.6. The first-order valence-electron chi connectivity index (χ1n) is 10.7. The minimum Gasteiger partial charge on any atom is -0.386 e. The molecule has 0 saturated carbocycles. The van der Waals surface area contributed by atoms with Gasteiger partial charge in [0, 0.05) is 37.3 Å². The van der Waals surface area contributed by atoms with Crippen LogP contribution in [0.5, 0.6) is 0 Å². The second-order valence-corrected chi connectivity index (χ2v) is 9.25. The monoisotopic (exact) mass is 413 g/mol. The highest BCUT2D eigenvalue weighted by Gasteiger charge is 2.33. The third-order valence-corrected chi connectivity index (χ3v) is 6.20. The van der Waals surface area contributed by atoms with Gasteiger partial charge in [0.05, 0.1) is 0 Å². The van der Waals surface area contributed by atoms with Gasteiger partial charge in [0.1, 0.15) is 12.2 Å². The minimum atomic E-state index is -0.822. The third kappa shape index (κ3) is 5.38. The summed E-state index contributed by atoms with van der Waals surface area (Å²) >= 11 is 0. The van der Waals surface area contributed by atoms with Crippen molar-refractivity contribution in [3.05, 3.63) is 58.7 Å². The molecule has 6 heteroatoms. The molecule has 3 N–H and O–H groups in total. The quantitative estimate of drug-likeness (QED) is 0.608. The van der Waals surface area contributed by atoms with Gasteiger partial charge in [0.25, 0.3) is 5.91 Å². The van der Waals surface area contributed by atoms with Gasteiger partial charge >= 0.3 is 0 Å². The minimum absolute atomic E-state index is 0.00148. The van der Waals surface area contributed by atoms with Crippen LogP contribution in [0.4, 0.5) is 0 Å². The fraction of sp³-hybridized carbons (Fsp3) is 0.542. The maximum absolute atomic E-state index is 12.7. The van der Waals surface area contributed by atoms with E-state index in [9.17, 15) is 15.0 Å². The molecule has 30 heavy (non-hydrogen) atoms. The number of nitrogens with zero attached hydrogens (tertiary/aromatic N) is 2. The Bertz CT molecular complexity index is 829. The molecular weight excluding hydrogens is 378 g/mol. The van der Waals surface area contributed by atoms with Crippen molar-refractivity contribution < 1.29 is 15.0 Å². The van der Waals surface area contributed by atoms with E-state index < -0.39 is 12.2 Å². The smallest absolute Gasteiger partial charge is 0.251 e. The van der Waals surface area contributed by atoms with Gasteiger partial charge in [-0.25, -0.2) is 0 Å². The van der Waals surface area contributed by atoms with E-state index in [-0.39, 0.29) is 11.4 Å². The van der Waals surface area contributed by atoms with Crippen LogP contribution in [0.3, 0.4) is 0 Å². The van der Waals surface area contributed by atoms with Gasteiger partial charge < -0.3 is 20.4 Å². The summed E-state index contributed by atoms with van der Waals surface area (Å²) in [6.45, 7) is 7.50. The molecule has 0 fully saturated rings. The number of carbonyl (C=O) groups excluding carboxylic acids is 1. The number of hydrogen-bond donors (Lipinski definition) is 3. The number of fused-ring (bicyclic) bond motifs is 1. The molecular formula is C24H35N3O3. The van der Waals surface area contributed by atoms with Gasteiger partial charge in [0.15, 0.2) is 0 Å². The predicted octanol–water partition coefficient (Wildman–Crippen LogP) is 2.07. The van der Waals surface area contributed by atoms with Crippen LogP contribution in [0.1, 0.15) is 48.2 Å². The second-order valence-electron chi connectivity index (χ2n) is 9.25. The maximum Gasteiger partial charge on any atom is 0.251 e. The third-order valence-electron chi connectivity index (χ3n) is 6.20. The van der Waals surface area contributed by atoms with Crippen molar-refractivity contribution in [2.75, 3.05) is 27.2 Å². The lowest BCUT2D eigenvalue weighted by atomic mass is 9.91. The molecule has 2 unspecified atom stereocenters. The lowest BCUT2D eigenvalue weighted by Gasteiger charge is -2.36. The standard InChI is InChI=1S/C24H35N3O3/c1-24(2,11-10-17-8-9-21(28)22(29)14-17)27-15-18-6-5-7-19(20(18)16-27)23(30)25-12-13-26(3)4/h5-9,14,21-22,28-29H,10-13,15-16H2,1-4H3,(H,25,30). The molecule has 1 amide bonds. The van der Waals surface area contributed by atoms with Crippen LogP contribution in [0.2, 0.25) is 0 Å². The van der Waals surface area contributed by atoms with Crippen molar-refractivity contribution in [3.8, 4) is 0 Å². The van der Waals surface area contributed by atoms with Crippen LogP contribution >= 0.6 is 0 Å². The lowest BCUT2D eigenvalue weighted by molar-refractivity contribution is 0.0779. The van der Waals surface area contributed by atoms with Crippen LogP contribution in [0.25, 0.3) is 0 Å². The average Bonchev–Trinajstić information content (AvgIpc) is 3.14. The highest BCUT2D eigenvalue weighted by molar-refractivity contribution is 5.96. The van der Waals surface area contributed by atoms with Gasteiger partial charge in [-0.2, -0.15) is 0 Å². The van der Waals surface area contributed by atoms with E-state index in [1.54, 1.807) is 12.2 Å². The van der Waals surface area contributed by atoms with Gasteiger partial charge in [0.2, 0.25) is 0 Å². The fourth-order valence-electron chi connectivity index (χ4n) is 4.04. The zero-order valence-electron chi connectivity index (χ0n) is 18.6. The van der Waals surface area contributed by atoms with Crippen molar-refractivity contribution in [1.29, 1.82) is 0 Å². The van der Waals surface area contributed by atoms with Gasteiger partial charge in [-0.3, -0.25) is 9.69 Å². The van der Waals surface area contributed by atoms with Crippen LogP contribution in [0.15, 0.2) is 42.0 Å². The topological polar surface area (TPSA) is 76.0 Å². The molecule has 2 aliphatic rings. The fourth-order valence-corrected chi connectivity index (χ4v) is 4.04. The Morgan fingerprint density at radius 2 is 2.00 bits per heavy atom. The number of hydrogen-bond acceptors (Lipinski definition) is 5. The Balaban J connectivity index is 1.63. The van der Waals surface area contributed by atoms with Crippen LogP contribution in [0, 0.1) is 0 Å². The molecule has 1 aliphatic heterocycles. The SMILES string of the molecule is CN(C)CCNC(=O)c1cccc2c1CN(C(C)(C)CCC1=CC(O)C(O)C=C1)C2. The highest BCUT2D eigenvalue weighted by atomic mass is 16.3. The molecule has 1 aromatic carbocycles. The van der Waals surface area contributed by atoms with E-state index in [4.69, 9.17) is 0 Å². The molecule has 0 spiro atoms. The van der Waals surface area contributed by atoms with E-state index in [2.05, 4.69) is 35.0 Å². The van der Waals surface area contributed by atoms with Crippen molar-refractivity contribution in [2.45, 2.75) is 57.5 Å². The normalized spacial score (nSPS) is 21.6. The van der Waals surface area contributed by atoms with E-state index in [0.29, 0.717) is 6.54 Å². The highest BCUT2D eigenvalue weighted by Crippen LogP contribution is 2.34. The van der Waals surface area contributed by atoms with E-state index in [1.807, 2.05) is 32.3 Å². The number of nitrogens with one attached hydrogen (secondary N) is 1. The molecule has 0 saturated heterocycles. The lowest BCUT2D eigenvalue weighted by Crippen LogP contribution is -2.40. The predicted molar refractivity (Wildman–Crippen MR) is 119 cm³/mol. The van der Waals surface area contributed by atoms with Crippen molar-refractivity contribution in [2.24, 2.45) is 0 Å². The number of aliphatic hydroxyl groups excluding tert-OH is 2. The van der Waals surface area contributed by atoms with Crippen LogP contribution < -0.4 is 5.32 Å². The Kier molecular flexibility index (Phi) is 7.14. The first-order valence-corrected chi connectivity index (χ1v) is 10.7. The number of likely N-dealkylation sites (N-methyl/N-ethyl adjacent to an activating group) is 1. The largest absolute Gasteiger partial charge is 0.386 e.